The molecular formula is C13H19N3O4. The molecule has 1 fully saturated rings. The summed E-state index contributed by atoms with van der Waals surface area (Å²) >= 11 is 0. The van der Waals surface area contributed by atoms with E-state index in [1.54, 1.807) is 11.9 Å². The van der Waals surface area contributed by atoms with Crippen LogP contribution in [0.1, 0.15) is 36.2 Å². The second kappa shape index (κ2) is 6.04. The Kier molecular flexibility index (Phi) is 4.39. The molecule has 1 saturated carbocycles. The van der Waals surface area contributed by atoms with Crippen molar-refractivity contribution in [2.45, 2.75) is 31.7 Å². The molecule has 0 spiro atoms. The largest absolute Gasteiger partial charge is 0.395 e. The Morgan fingerprint density at radius 2 is 2.20 bits per heavy atom. The number of aromatic nitrogens is 1. The van der Waals surface area contributed by atoms with Gasteiger partial charge in [-0.2, -0.15) is 0 Å². The lowest BCUT2D eigenvalue weighted by Gasteiger charge is -2.28. The van der Waals surface area contributed by atoms with E-state index in [2.05, 4.69) is 0 Å². The summed E-state index contributed by atoms with van der Waals surface area (Å²) in [6, 6.07) is 1.42. The number of aryl methyl sites for hydroxylation is 1. The van der Waals surface area contributed by atoms with Gasteiger partial charge >= 0.3 is 0 Å². The van der Waals surface area contributed by atoms with Crippen LogP contribution in [0.2, 0.25) is 0 Å². The maximum absolute atomic E-state index is 12.5. The van der Waals surface area contributed by atoms with Gasteiger partial charge in [-0.25, -0.2) is 0 Å². The first-order valence-electron chi connectivity index (χ1n) is 6.77. The monoisotopic (exact) mass is 281 g/mol. The standard InChI is InChI=1S/C13H19N3O4/c1-14-9-11(16(19)20)8-12(14)13(18)15(6-7-17)10-4-2-3-5-10/h8-10,17H,2-7H2,1H3. The molecule has 110 valence electrons. The number of nitrogens with zero attached hydrogens (tertiary/aromatic N) is 3. The smallest absolute Gasteiger partial charge is 0.287 e. The second-order valence-corrected chi connectivity index (χ2v) is 5.11. The van der Waals surface area contributed by atoms with Gasteiger partial charge in [0.05, 0.1) is 17.7 Å². The first-order chi connectivity index (χ1) is 9.54. The summed E-state index contributed by atoms with van der Waals surface area (Å²) in [6.07, 6.45) is 5.34. The van der Waals surface area contributed by atoms with Crippen molar-refractivity contribution in [3.05, 3.63) is 28.1 Å². The summed E-state index contributed by atoms with van der Waals surface area (Å²) in [5.41, 5.74) is 0.197. The second-order valence-electron chi connectivity index (χ2n) is 5.11. The maximum Gasteiger partial charge on any atom is 0.287 e. The van der Waals surface area contributed by atoms with Gasteiger partial charge in [0.2, 0.25) is 0 Å². The van der Waals surface area contributed by atoms with Gasteiger partial charge in [0.15, 0.2) is 0 Å². The molecule has 1 heterocycles. The van der Waals surface area contributed by atoms with E-state index in [1.165, 1.54) is 16.8 Å². The van der Waals surface area contributed by atoms with Gasteiger partial charge in [-0.1, -0.05) is 12.8 Å². The van der Waals surface area contributed by atoms with Crippen molar-refractivity contribution in [2.75, 3.05) is 13.2 Å². The molecule has 1 aliphatic rings. The Hall–Kier alpha value is -1.89. The maximum atomic E-state index is 12.5. The van der Waals surface area contributed by atoms with E-state index in [1.807, 2.05) is 0 Å². The predicted octanol–water partition coefficient (Wildman–Crippen LogP) is 1.31. The third-order valence-corrected chi connectivity index (χ3v) is 3.79. The molecule has 1 aromatic heterocycles. The zero-order valence-corrected chi connectivity index (χ0v) is 11.5. The minimum absolute atomic E-state index is 0.0915. The molecule has 2 rings (SSSR count). The van der Waals surface area contributed by atoms with Crippen LogP contribution in [-0.4, -0.2) is 44.6 Å². The first kappa shape index (κ1) is 14.5. The van der Waals surface area contributed by atoms with Crippen molar-refractivity contribution < 1.29 is 14.8 Å². The molecule has 1 amide bonds. The zero-order valence-electron chi connectivity index (χ0n) is 11.5. The lowest BCUT2D eigenvalue weighted by Crippen LogP contribution is -2.41. The number of hydrogen-bond donors (Lipinski definition) is 1. The summed E-state index contributed by atoms with van der Waals surface area (Å²) in [5, 5.41) is 19.9. The SMILES string of the molecule is Cn1cc([N+](=O)[O-])cc1C(=O)N(CCO)C1CCCC1. The molecular weight excluding hydrogens is 262 g/mol. The Labute approximate surface area is 116 Å². The van der Waals surface area contributed by atoms with Crippen molar-refractivity contribution in [1.82, 2.24) is 9.47 Å². The number of carbonyl (C=O) groups is 1. The molecule has 0 aliphatic heterocycles. The normalized spacial score (nSPS) is 15.5. The molecule has 20 heavy (non-hydrogen) atoms. The van der Waals surface area contributed by atoms with Gasteiger partial charge < -0.3 is 14.6 Å². The highest BCUT2D eigenvalue weighted by atomic mass is 16.6. The minimum atomic E-state index is -0.511. The van der Waals surface area contributed by atoms with Gasteiger partial charge in [0.25, 0.3) is 11.6 Å². The van der Waals surface area contributed by atoms with Crippen molar-refractivity contribution in [2.24, 2.45) is 7.05 Å². The number of carbonyl (C=O) groups excluding carboxylic acids is 1. The lowest BCUT2D eigenvalue weighted by molar-refractivity contribution is -0.384. The summed E-state index contributed by atoms with van der Waals surface area (Å²) in [6.45, 7) is 0.164. The number of nitro groups is 1. The van der Waals surface area contributed by atoms with E-state index in [9.17, 15) is 14.9 Å². The van der Waals surface area contributed by atoms with Crippen LogP contribution < -0.4 is 0 Å². The van der Waals surface area contributed by atoms with Crippen molar-refractivity contribution in [3.63, 3.8) is 0 Å². The quantitative estimate of drug-likeness (QED) is 0.651. The van der Waals surface area contributed by atoms with E-state index in [4.69, 9.17) is 5.11 Å². The molecule has 1 aromatic rings. The van der Waals surface area contributed by atoms with Crippen LogP contribution in [-0.2, 0) is 7.05 Å². The van der Waals surface area contributed by atoms with E-state index < -0.39 is 4.92 Å². The van der Waals surface area contributed by atoms with Gasteiger partial charge in [0.1, 0.15) is 5.69 Å². The Bertz CT molecular complexity index is 506. The zero-order chi connectivity index (χ0) is 14.7. The summed E-state index contributed by atoms with van der Waals surface area (Å²) in [4.78, 5) is 24.5. The number of hydrogen-bond acceptors (Lipinski definition) is 4. The van der Waals surface area contributed by atoms with Gasteiger partial charge in [-0.05, 0) is 12.8 Å². The average molecular weight is 281 g/mol. The molecule has 0 unspecified atom stereocenters. The Morgan fingerprint density at radius 3 is 2.70 bits per heavy atom. The highest BCUT2D eigenvalue weighted by Gasteiger charge is 2.29. The third kappa shape index (κ3) is 2.82. The molecule has 0 bridgehead atoms. The number of aliphatic hydroxyl groups excluding tert-OH is 1. The molecule has 0 atom stereocenters. The fourth-order valence-corrected chi connectivity index (χ4v) is 2.78. The Morgan fingerprint density at radius 1 is 1.55 bits per heavy atom. The lowest BCUT2D eigenvalue weighted by atomic mass is 10.2. The Balaban J connectivity index is 2.24. The topological polar surface area (TPSA) is 88.6 Å². The number of rotatable bonds is 5. The summed E-state index contributed by atoms with van der Waals surface area (Å²) in [5.74, 6) is -0.249. The van der Waals surface area contributed by atoms with Crippen LogP contribution in [0.25, 0.3) is 0 Å². The van der Waals surface area contributed by atoms with Crippen LogP contribution in [0.3, 0.4) is 0 Å². The van der Waals surface area contributed by atoms with Crippen LogP contribution in [0.15, 0.2) is 12.3 Å². The van der Waals surface area contributed by atoms with Crippen LogP contribution >= 0.6 is 0 Å². The van der Waals surface area contributed by atoms with Crippen LogP contribution in [0.5, 0.6) is 0 Å². The van der Waals surface area contributed by atoms with Crippen molar-refractivity contribution in [1.29, 1.82) is 0 Å². The molecule has 7 nitrogen and oxygen atoms in total. The van der Waals surface area contributed by atoms with E-state index in [0.29, 0.717) is 0 Å². The predicted molar refractivity (Wildman–Crippen MR) is 72.4 cm³/mol. The summed E-state index contributed by atoms with van der Waals surface area (Å²) in [7, 11) is 1.62. The molecule has 7 heteroatoms. The van der Waals surface area contributed by atoms with E-state index >= 15 is 0 Å². The van der Waals surface area contributed by atoms with E-state index in [-0.39, 0.29) is 36.5 Å². The van der Waals surface area contributed by atoms with Gasteiger partial charge in [-0.3, -0.25) is 14.9 Å². The fourth-order valence-electron chi connectivity index (χ4n) is 2.78. The third-order valence-electron chi connectivity index (χ3n) is 3.79. The minimum Gasteiger partial charge on any atom is -0.395 e. The number of amides is 1. The van der Waals surface area contributed by atoms with Gasteiger partial charge in [-0.15, -0.1) is 0 Å². The molecule has 1 N–H and O–H groups in total. The van der Waals surface area contributed by atoms with Gasteiger partial charge in [0, 0.05) is 25.7 Å². The highest BCUT2D eigenvalue weighted by Crippen LogP contribution is 2.26. The average Bonchev–Trinajstić information content (AvgIpc) is 3.04. The molecule has 1 aliphatic carbocycles. The number of aliphatic hydroxyl groups is 1. The molecule has 0 aromatic carbocycles. The van der Waals surface area contributed by atoms with Crippen LogP contribution in [0.4, 0.5) is 5.69 Å². The summed E-state index contributed by atoms with van der Waals surface area (Å²) < 4.78 is 1.47. The first-order valence-corrected chi connectivity index (χ1v) is 6.77. The highest BCUT2D eigenvalue weighted by molar-refractivity contribution is 5.93. The van der Waals surface area contributed by atoms with Crippen LogP contribution in [0, 0.1) is 10.1 Å². The van der Waals surface area contributed by atoms with E-state index in [0.717, 1.165) is 25.7 Å². The molecule has 0 radical (unpaired) electrons. The molecule has 0 saturated heterocycles. The fraction of sp³-hybridized carbons (Fsp3) is 0.615. The van der Waals surface area contributed by atoms with Crippen molar-refractivity contribution in [3.8, 4) is 0 Å². The van der Waals surface area contributed by atoms with Crippen molar-refractivity contribution >= 4 is 11.6 Å².